The van der Waals surface area contributed by atoms with Crippen LogP contribution in [0.15, 0.2) is 28.0 Å². The van der Waals surface area contributed by atoms with Gasteiger partial charge in [0.1, 0.15) is 16.4 Å². The molecule has 1 aromatic carbocycles. The van der Waals surface area contributed by atoms with Gasteiger partial charge in [0.25, 0.3) is 0 Å². The largest absolute Gasteiger partial charge is 0.461 e. The zero-order valence-corrected chi connectivity index (χ0v) is 17.1. The lowest BCUT2D eigenvalue weighted by atomic mass is 9.82. The lowest BCUT2D eigenvalue weighted by Crippen LogP contribution is -2.41. The third-order valence-corrected chi connectivity index (χ3v) is 7.02. The van der Waals surface area contributed by atoms with Crippen LogP contribution >= 0.6 is 23.1 Å². The summed E-state index contributed by atoms with van der Waals surface area (Å²) in [7, 11) is 0. The van der Waals surface area contributed by atoms with Crippen LogP contribution in [0.2, 0.25) is 0 Å². The van der Waals surface area contributed by atoms with E-state index in [1.54, 1.807) is 29.3 Å². The van der Waals surface area contributed by atoms with Gasteiger partial charge >= 0.3 is 5.97 Å². The number of carbonyl (C=O) groups is 2. The number of rotatable bonds is 5. The molecule has 0 saturated carbocycles. The second kappa shape index (κ2) is 7.92. The molecule has 1 aliphatic rings. The van der Waals surface area contributed by atoms with Crippen molar-refractivity contribution in [1.29, 1.82) is 0 Å². The molecule has 2 heterocycles. The van der Waals surface area contributed by atoms with Gasteiger partial charge in [-0.05, 0) is 37.5 Å². The third kappa shape index (κ3) is 4.01. The van der Waals surface area contributed by atoms with Crippen LogP contribution in [0.3, 0.4) is 0 Å². The number of esters is 1. The number of aryl methyl sites for hydroxylation is 3. The highest BCUT2D eigenvalue weighted by molar-refractivity contribution is 8.01. The number of hydrogen-bond donors (Lipinski definition) is 0. The second-order valence-corrected chi connectivity index (χ2v) is 9.14. The van der Waals surface area contributed by atoms with Gasteiger partial charge in [0.05, 0.1) is 0 Å². The number of aromatic nitrogens is 1. The minimum Gasteiger partial charge on any atom is -0.461 e. The second-order valence-electron chi connectivity index (χ2n) is 6.98. The molecule has 1 saturated heterocycles. The van der Waals surface area contributed by atoms with Crippen LogP contribution in [0.4, 0.5) is 0 Å². The summed E-state index contributed by atoms with van der Waals surface area (Å²) in [6, 6.07) is 4.03. The van der Waals surface area contributed by atoms with E-state index >= 15 is 0 Å². The van der Waals surface area contributed by atoms with Crippen molar-refractivity contribution in [2.45, 2.75) is 50.5 Å². The average molecular weight is 390 g/mol. The normalized spacial score (nSPS) is 21.5. The topological polar surface area (TPSA) is 56.3 Å². The Hall–Kier alpha value is -1.66. The van der Waals surface area contributed by atoms with E-state index in [0.29, 0.717) is 0 Å². The number of thiazole rings is 1. The standard InChI is InChI=1S/C20H23NO3S2/c1-11-7-12(2)17(13(3)8-11)18-15(22)9-16(24-19(18)23)14(4)10-26-20-21-5-6-25-20/h5-8,14,16,18H,9-10H2,1-4H3. The molecule has 3 rings (SSSR count). The Balaban J connectivity index is 1.71. The minimum absolute atomic E-state index is 0.0348. The van der Waals surface area contributed by atoms with Crippen LogP contribution in [0.25, 0.3) is 0 Å². The van der Waals surface area contributed by atoms with Gasteiger partial charge in [0.15, 0.2) is 5.78 Å². The molecular formula is C20H23NO3S2. The first-order valence-corrected chi connectivity index (χ1v) is 10.6. The minimum atomic E-state index is -0.786. The highest BCUT2D eigenvalue weighted by Gasteiger charge is 2.41. The van der Waals surface area contributed by atoms with Gasteiger partial charge in [0.2, 0.25) is 0 Å². The summed E-state index contributed by atoms with van der Waals surface area (Å²) in [5, 5.41) is 1.94. The quantitative estimate of drug-likeness (QED) is 0.429. The van der Waals surface area contributed by atoms with Crippen molar-refractivity contribution in [3.05, 3.63) is 46.0 Å². The summed E-state index contributed by atoms with van der Waals surface area (Å²) in [6.45, 7) is 7.95. The van der Waals surface area contributed by atoms with Gasteiger partial charge in [-0.15, -0.1) is 11.3 Å². The number of thioether (sulfide) groups is 1. The summed E-state index contributed by atoms with van der Waals surface area (Å²) in [5.41, 5.74) is 3.90. The number of cyclic esters (lactones) is 1. The Morgan fingerprint density at radius 2 is 1.96 bits per heavy atom. The third-order valence-electron chi connectivity index (χ3n) is 4.77. The van der Waals surface area contributed by atoms with Crippen molar-refractivity contribution in [1.82, 2.24) is 4.98 Å². The highest BCUT2D eigenvalue weighted by Crippen LogP contribution is 2.35. The van der Waals surface area contributed by atoms with Crippen molar-refractivity contribution in [2.75, 3.05) is 5.75 Å². The Labute approximate surface area is 162 Å². The molecular weight excluding hydrogens is 366 g/mol. The first kappa shape index (κ1) is 19.1. The molecule has 26 heavy (non-hydrogen) atoms. The number of ketones is 1. The fraction of sp³-hybridized carbons (Fsp3) is 0.450. The fourth-order valence-electron chi connectivity index (χ4n) is 3.54. The number of nitrogens with zero attached hydrogens (tertiary/aromatic N) is 1. The number of benzene rings is 1. The zero-order valence-electron chi connectivity index (χ0n) is 15.4. The van der Waals surface area contributed by atoms with Crippen LogP contribution in [0.1, 0.15) is 41.5 Å². The SMILES string of the molecule is Cc1cc(C)c(C2C(=O)CC(C(C)CSc3nccs3)OC2=O)c(C)c1. The molecule has 2 aromatic rings. The first-order valence-electron chi connectivity index (χ1n) is 8.70. The van der Waals surface area contributed by atoms with Crippen molar-refractivity contribution < 1.29 is 14.3 Å². The predicted molar refractivity (Wildman–Crippen MR) is 105 cm³/mol. The predicted octanol–water partition coefficient (Wildman–Crippen LogP) is 4.46. The molecule has 1 aliphatic heterocycles. The maximum absolute atomic E-state index is 12.8. The molecule has 0 radical (unpaired) electrons. The number of carbonyl (C=O) groups excluding carboxylic acids is 2. The fourth-order valence-corrected chi connectivity index (χ4v) is 5.30. The Kier molecular flexibility index (Phi) is 5.82. The van der Waals surface area contributed by atoms with Crippen LogP contribution in [-0.4, -0.2) is 28.6 Å². The van der Waals surface area contributed by atoms with Crippen molar-refractivity contribution in [3.8, 4) is 0 Å². The van der Waals surface area contributed by atoms with Crippen LogP contribution in [-0.2, 0) is 14.3 Å². The average Bonchev–Trinajstić information content (AvgIpc) is 3.07. The van der Waals surface area contributed by atoms with E-state index in [-0.39, 0.29) is 24.2 Å². The van der Waals surface area contributed by atoms with E-state index in [1.807, 2.05) is 45.2 Å². The summed E-state index contributed by atoms with van der Waals surface area (Å²) < 4.78 is 6.70. The van der Waals surface area contributed by atoms with E-state index in [1.165, 1.54) is 0 Å². The van der Waals surface area contributed by atoms with E-state index in [4.69, 9.17) is 4.74 Å². The van der Waals surface area contributed by atoms with Crippen molar-refractivity contribution in [3.63, 3.8) is 0 Å². The molecule has 4 nitrogen and oxygen atoms in total. The molecule has 0 N–H and O–H groups in total. The lowest BCUT2D eigenvalue weighted by Gasteiger charge is -2.32. The maximum atomic E-state index is 12.8. The molecule has 3 atom stereocenters. The van der Waals surface area contributed by atoms with Crippen molar-refractivity contribution in [2.24, 2.45) is 5.92 Å². The molecule has 0 aliphatic carbocycles. The monoisotopic (exact) mass is 389 g/mol. The number of hydrogen-bond acceptors (Lipinski definition) is 6. The van der Waals surface area contributed by atoms with Gasteiger partial charge in [-0.1, -0.05) is 36.4 Å². The Morgan fingerprint density at radius 1 is 1.27 bits per heavy atom. The van der Waals surface area contributed by atoms with E-state index in [9.17, 15) is 9.59 Å². The van der Waals surface area contributed by atoms with Gasteiger partial charge < -0.3 is 4.74 Å². The molecule has 0 spiro atoms. The highest BCUT2D eigenvalue weighted by atomic mass is 32.2. The number of Topliss-reactive ketones (excluding diaryl/α,β-unsaturated/α-hetero) is 1. The molecule has 1 fully saturated rings. The summed E-state index contributed by atoms with van der Waals surface area (Å²) in [4.78, 5) is 29.8. The maximum Gasteiger partial charge on any atom is 0.321 e. The van der Waals surface area contributed by atoms with Crippen LogP contribution in [0.5, 0.6) is 0 Å². The first-order chi connectivity index (χ1) is 12.4. The van der Waals surface area contributed by atoms with E-state index in [2.05, 4.69) is 4.98 Å². The van der Waals surface area contributed by atoms with E-state index < -0.39 is 11.9 Å². The Bertz CT molecular complexity index is 775. The smallest absolute Gasteiger partial charge is 0.321 e. The van der Waals surface area contributed by atoms with Gasteiger partial charge in [0, 0.05) is 29.7 Å². The van der Waals surface area contributed by atoms with Crippen LogP contribution < -0.4 is 0 Å². The molecule has 138 valence electrons. The van der Waals surface area contributed by atoms with E-state index in [0.717, 1.165) is 32.3 Å². The summed E-state index contributed by atoms with van der Waals surface area (Å²) >= 11 is 3.23. The Morgan fingerprint density at radius 3 is 2.54 bits per heavy atom. The molecule has 0 amide bonds. The molecule has 0 bridgehead atoms. The van der Waals surface area contributed by atoms with Gasteiger partial charge in [-0.2, -0.15) is 0 Å². The molecule has 6 heteroatoms. The van der Waals surface area contributed by atoms with Gasteiger partial charge in [-0.3, -0.25) is 9.59 Å². The number of ether oxygens (including phenoxy) is 1. The van der Waals surface area contributed by atoms with Crippen LogP contribution in [0, 0.1) is 26.7 Å². The molecule has 3 unspecified atom stereocenters. The van der Waals surface area contributed by atoms with Gasteiger partial charge in [-0.25, -0.2) is 4.98 Å². The lowest BCUT2D eigenvalue weighted by molar-refractivity contribution is -0.162. The summed E-state index contributed by atoms with van der Waals surface area (Å²) in [6.07, 6.45) is 1.70. The van der Waals surface area contributed by atoms with Crippen molar-refractivity contribution >= 4 is 34.9 Å². The summed E-state index contributed by atoms with van der Waals surface area (Å²) in [5.74, 6) is -0.366. The zero-order chi connectivity index (χ0) is 18.8. The molecule has 1 aromatic heterocycles.